The predicted molar refractivity (Wildman–Crippen MR) is 130 cm³/mol. The molecule has 12 heteroatoms. The number of hydrogen-bond donors (Lipinski definition) is 0. The molecule has 1 aliphatic rings. The summed E-state index contributed by atoms with van der Waals surface area (Å²) in [7, 11) is 4.56. The van der Waals surface area contributed by atoms with Crippen LogP contribution in [-0.4, -0.2) is 67.3 Å². The lowest BCUT2D eigenvalue weighted by Gasteiger charge is -2.40. The number of alkyl halides is 6. The van der Waals surface area contributed by atoms with Crippen LogP contribution >= 0.6 is 0 Å². The summed E-state index contributed by atoms with van der Waals surface area (Å²) in [6.07, 6.45) is -9.71. The van der Waals surface area contributed by atoms with Crippen molar-refractivity contribution in [2.75, 3.05) is 40.8 Å². The first-order valence-corrected chi connectivity index (χ1v) is 12.2. The first-order valence-electron chi connectivity index (χ1n) is 12.2. The monoisotopic (exact) mass is 561 g/mol. The average Bonchev–Trinajstić information content (AvgIpc) is 2.82. The highest BCUT2D eigenvalue weighted by atomic mass is 19.4. The molecular formula is C27H30F7N3O2. The summed E-state index contributed by atoms with van der Waals surface area (Å²) in [5, 5.41) is 0. The second kappa shape index (κ2) is 11.5. The van der Waals surface area contributed by atoms with Crippen LogP contribution in [0.25, 0.3) is 0 Å². The van der Waals surface area contributed by atoms with Gasteiger partial charge in [-0.1, -0.05) is 6.07 Å². The van der Waals surface area contributed by atoms with Gasteiger partial charge in [-0.25, -0.2) is 4.39 Å². The van der Waals surface area contributed by atoms with Gasteiger partial charge in [0.1, 0.15) is 5.82 Å². The lowest BCUT2D eigenvalue weighted by atomic mass is 9.78. The van der Waals surface area contributed by atoms with Crippen LogP contribution in [-0.2, 0) is 28.5 Å². The van der Waals surface area contributed by atoms with Gasteiger partial charge in [-0.15, -0.1) is 0 Å². The molecule has 214 valence electrons. The molecule has 0 aromatic heterocycles. The van der Waals surface area contributed by atoms with Gasteiger partial charge in [-0.05, 0) is 66.9 Å². The van der Waals surface area contributed by atoms with Crippen LogP contribution < -0.4 is 0 Å². The van der Waals surface area contributed by atoms with E-state index in [2.05, 4.69) is 0 Å². The van der Waals surface area contributed by atoms with Crippen molar-refractivity contribution in [3.05, 3.63) is 70.0 Å². The third kappa shape index (κ3) is 7.49. The molecule has 1 fully saturated rings. The number of piperidine rings is 1. The molecule has 2 aromatic carbocycles. The maximum atomic E-state index is 13.8. The second-order valence-corrected chi connectivity index (χ2v) is 10.1. The third-order valence-corrected chi connectivity index (χ3v) is 6.95. The van der Waals surface area contributed by atoms with Crippen LogP contribution in [0.3, 0.4) is 0 Å². The zero-order valence-corrected chi connectivity index (χ0v) is 22.0. The number of likely N-dealkylation sites (tertiary alicyclic amines) is 1. The first-order chi connectivity index (χ1) is 18.0. The van der Waals surface area contributed by atoms with Crippen molar-refractivity contribution < 1.29 is 40.3 Å². The molecule has 0 N–H and O–H groups in total. The SMILES string of the molecule is Cc1cc(F)ccc1[C@@H]1CN(CC(=O)N(C)C)CC[C@H]1C(=O)N(C)Cc1cc(C(F)(F)F)cc(C(F)(F)F)c1. The summed E-state index contributed by atoms with van der Waals surface area (Å²) in [4.78, 5) is 30.3. The maximum Gasteiger partial charge on any atom is 0.416 e. The summed E-state index contributed by atoms with van der Waals surface area (Å²) in [5.41, 5.74) is -1.94. The summed E-state index contributed by atoms with van der Waals surface area (Å²) >= 11 is 0. The average molecular weight is 562 g/mol. The van der Waals surface area contributed by atoms with Gasteiger partial charge in [0.25, 0.3) is 0 Å². The summed E-state index contributed by atoms with van der Waals surface area (Å²) < 4.78 is 93.6. The summed E-state index contributed by atoms with van der Waals surface area (Å²) in [6.45, 7) is 1.99. The van der Waals surface area contributed by atoms with Crippen molar-refractivity contribution in [2.24, 2.45) is 5.92 Å². The molecule has 3 rings (SSSR count). The van der Waals surface area contributed by atoms with Crippen molar-refractivity contribution in [3.63, 3.8) is 0 Å². The zero-order valence-electron chi connectivity index (χ0n) is 22.0. The Bertz CT molecular complexity index is 1180. The van der Waals surface area contributed by atoms with Crippen molar-refractivity contribution in [3.8, 4) is 0 Å². The molecule has 0 unspecified atom stereocenters. The minimum Gasteiger partial charge on any atom is -0.348 e. The number of carbonyl (C=O) groups excluding carboxylic acids is 2. The Morgan fingerprint density at radius 3 is 2.05 bits per heavy atom. The molecule has 0 aliphatic carbocycles. The normalized spacial score (nSPS) is 18.6. The molecule has 1 saturated heterocycles. The summed E-state index contributed by atoms with van der Waals surface area (Å²) in [5.74, 6) is -2.23. The molecule has 2 aromatic rings. The van der Waals surface area contributed by atoms with Crippen LogP contribution in [0, 0.1) is 18.7 Å². The van der Waals surface area contributed by atoms with E-state index in [1.807, 2.05) is 4.90 Å². The van der Waals surface area contributed by atoms with E-state index in [9.17, 15) is 40.3 Å². The fourth-order valence-corrected chi connectivity index (χ4v) is 4.91. The number of likely N-dealkylation sites (N-methyl/N-ethyl adjacent to an activating group) is 1. The van der Waals surface area contributed by atoms with Crippen LogP contribution in [0.4, 0.5) is 30.7 Å². The van der Waals surface area contributed by atoms with Crippen LogP contribution in [0.1, 0.15) is 40.2 Å². The van der Waals surface area contributed by atoms with E-state index in [0.29, 0.717) is 36.2 Å². The van der Waals surface area contributed by atoms with E-state index in [-0.39, 0.29) is 30.6 Å². The van der Waals surface area contributed by atoms with Crippen LogP contribution in [0.5, 0.6) is 0 Å². The minimum atomic E-state index is -5.00. The van der Waals surface area contributed by atoms with Gasteiger partial charge in [0.15, 0.2) is 0 Å². The molecule has 0 bridgehead atoms. The number of benzene rings is 2. The van der Waals surface area contributed by atoms with E-state index < -0.39 is 53.6 Å². The highest BCUT2D eigenvalue weighted by Gasteiger charge is 2.39. The van der Waals surface area contributed by atoms with Crippen molar-refractivity contribution in [1.82, 2.24) is 14.7 Å². The van der Waals surface area contributed by atoms with E-state index in [1.54, 1.807) is 27.1 Å². The Balaban J connectivity index is 1.90. The van der Waals surface area contributed by atoms with E-state index in [0.717, 1.165) is 4.90 Å². The molecule has 0 spiro atoms. The standard InChI is InChI=1S/C27H30F7N3O2/c1-16-9-20(28)5-6-21(16)23-14-37(15-24(38)35(2)3)8-7-22(23)25(39)36(4)13-17-10-18(26(29,30)31)12-19(11-17)27(32,33)34/h5-6,9-12,22-23H,7-8,13-15H2,1-4H3/t22-,23+/m1/s1. The van der Waals surface area contributed by atoms with E-state index in [1.165, 1.54) is 24.1 Å². The second-order valence-electron chi connectivity index (χ2n) is 10.1. The largest absolute Gasteiger partial charge is 0.416 e. The third-order valence-electron chi connectivity index (χ3n) is 6.95. The number of halogens is 7. The van der Waals surface area contributed by atoms with Crippen molar-refractivity contribution in [1.29, 1.82) is 0 Å². The Morgan fingerprint density at radius 1 is 0.949 bits per heavy atom. The lowest BCUT2D eigenvalue weighted by molar-refractivity contribution is -0.143. The minimum absolute atomic E-state index is 0.0450. The fraction of sp³-hybridized carbons (Fsp3) is 0.481. The number of amides is 2. The van der Waals surface area contributed by atoms with E-state index in [4.69, 9.17) is 0 Å². The number of aryl methyl sites for hydroxylation is 1. The Labute approximate surface area is 222 Å². The highest BCUT2D eigenvalue weighted by Crippen LogP contribution is 2.38. The summed E-state index contributed by atoms with van der Waals surface area (Å²) in [6, 6.07) is 5.41. The van der Waals surface area contributed by atoms with Gasteiger partial charge >= 0.3 is 12.4 Å². The number of rotatable bonds is 6. The fourth-order valence-electron chi connectivity index (χ4n) is 4.91. The van der Waals surface area contributed by atoms with Gasteiger partial charge < -0.3 is 9.80 Å². The van der Waals surface area contributed by atoms with Gasteiger partial charge in [0, 0.05) is 46.1 Å². The van der Waals surface area contributed by atoms with Gasteiger partial charge in [-0.3, -0.25) is 14.5 Å². The molecule has 1 heterocycles. The van der Waals surface area contributed by atoms with Crippen molar-refractivity contribution >= 4 is 11.8 Å². The highest BCUT2D eigenvalue weighted by molar-refractivity contribution is 5.80. The predicted octanol–water partition coefficient (Wildman–Crippen LogP) is 5.32. The Hall–Kier alpha value is -3.15. The molecule has 0 radical (unpaired) electrons. The van der Waals surface area contributed by atoms with Crippen LogP contribution in [0.2, 0.25) is 0 Å². The molecular weight excluding hydrogens is 531 g/mol. The van der Waals surface area contributed by atoms with E-state index >= 15 is 0 Å². The molecule has 2 amide bonds. The quantitative estimate of drug-likeness (QED) is 0.449. The van der Waals surface area contributed by atoms with Gasteiger partial charge in [-0.2, -0.15) is 26.3 Å². The Kier molecular flexibility index (Phi) is 8.99. The number of nitrogens with zero attached hydrogens (tertiary/aromatic N) is 3. The topological polar surface area (TPSA) is 43.9 Å². The number of carbonyl (C=O) groups is 2. The first kappa shape index (κ1) is 30.4. The lowest BCUT2D eigenvalue weighted by Crippen LogP contribution is -2.48. The van der Waals surface area contributed by atoms with Gasteiger partial charge in [0.05, 0.1) is 17.7 Å². The maximum absolute atomic E-state index is 13.8. The Morgan fingerprint density at radius 2 is 1.54 bits per heavy atom. The zero-order chi connectivity index (χ0) is 29.3. The number of hydrogen-bond acceptors (Lipinski definition) is 3. The molecule has 5 nitrogen and oxygen atoms in total. The molecule has 0 saturated carbocycles. The molecule has 39 heavy (non-hydrogen) atoms. The molecule has 2 atom stereocenters. The van der Waals surface area contributed by atoms with Gasteiger partial charge in [0.2, 0.25) is 11.8 Å². The van der Waals surface area contributed by atoms with Crippen LogP contribution in [0.15, 0.2) is 36.4 Å². The van der Waals surface area contributed by atoms with Crippen molar-refractivity contribution in [2.45, 2.75) is 38.2 Å². The molecule has 1 aliphatic heterocycles. The smallest absolute Gasteiger partial charge is 0.348 e.